The van der Waals surface area contributed by atoms with Crippen LogP contribution in [-0.2, 0) is 60.0 Å². The molecule has 0 aromatic heterocycles. The van der Waals surface area contributed by atoms with E-state index in [1.165, 1.54) is 48.6 Å². The van der Waals surface area contributed by atoms with E-state index in [0.29, 0.717) is 0 Å². The molecule has 0 aliphatic heterocycles. The predicted octanol–water partition coefficient (Wildman–Crippen LogP) is -3.83. The molecular formula is C24H16Fe2HfO8. The summed E-state index contributed by atoms with van der Waals surface area (Å²) in [5.41, 5.74) is 0.963. The number of allylic oxidation sites excluding steroid dienone is 20. The molecule has 0 heterocycles. The average molecular weight is 723 g/mol. The summed E-state index contributed by atoms with van der Waals surface area (Å²) in [6.45, 7) is 0. The molecule has 0 amide bonds. The van der Waals surface area contributed by atoms with Gasteiger partial charge in [0.2, 0.25) is 0 Å². The van der Waals surface area contributed by atoms with Gasteiger partial charge in [-0.3, -0.25) is 0 Å². The van der Waals surface area contributed by atoms with E-state index in [2.05, 4.69) is 0 Å². The van der Waals surface area contributed by atoms with E-state index in [1.54, 1.807) is 48.6 Å². The smallest absolute Gasteiger partial charge is 0.884 e. The molecule has 8 nitrogen and oxygen atoms in total. The topological polar surface area (TPSA) is 184 Å². The zero-order valence-corrected chi connectivity index (χ0v) is 23.5. The van der Waals surface area contributed by atoms with Gasteiger partial charge in [0, 0.05) is 0 Å². The molecule has 0 aromatic rings. The van der Waals surface area contributed by atoms with Crippen molar-refractivity contribution < 1.29 is 101 Å². The van der Waals surface area contributed by atoms with Gasteiger partial charge in [0.25, 0.3) is 0 Å². The Labute approximate surface area is 242 Å². The summed E-state index contributed by atoms with van der Waals surface area (Å²) < 4.78 is 0. The van der Waals surface area contributed by atoms with Gasteiger partial charge in [-0.25, -0.2) is 0 Å². The van der Waals surface area contributed by atoms with Gasteiger partial charge in [-0.2, -0.15) is 23.8 Å². The van der Waals surface area contributed by atoms with E-state index in [4.69, 9.17) is 0 Å². The maximum Gasteiger partial charge on any atom is 4.00 e. The molecule has 0 spiro atoms. The summed E-state index contributed by atoms with van der Waals surface area (Å²) in [6.07, 6.45) is 25.2. The molecule has 4 aliphatic rings. The van der Waals surface area contributed by atoms with Crippen LogP contribution in [0.25, 0.3) is 0 Å². The number of rotatable bonds is 0. The molecule has 0 aromatic carbocycles. The fourth-order valence-electron chi connectivity index (χ4n) is 2.04. The average Bonchev–Trinajstić information content (AvgIpc) is 3.56. The third-order valence-corrected chi connectivity index (χ3v) is 3.59. The summed E-state index contributed by atoms with van der Waals surface area (Å²) in [7, 11) is 0. The quantitative estimate of drug-likeness (QED) is 0.180. The van der Waals surface area contributed by atoms with Crippen molar-refractivity contribution in [3.8, 4) is 0 Å². The molecule has 0 saturated heterocycles. The molecule has 11 heteroatoms. The van der Waals surface area contributed by atoms with Crippen molar-refractivity contribution >= 4 is 0 Å². The second-order valence-electron chi connectivity index (χ2n) is 5.84. The normalized spacial score (nSPS) is 13.9. The van der Waals surface area contributed by atoms with Crippen molar-refractivity contribution in [2.75, 3.05) is 0 Å². The Balaban J connectivity index is -0.000000379. The molecule has 0 unspecified atom stereocenters. The van der Waals surface area contributed by atoms with E-state index < -0.39 is 23.8 Å². The Morgan fingerprint density at radius 2 is 0.429 bits per heavy atom. The monoisotopic (exact) mass is 724 g/mol. The second-order valence-corrected chi connectivity index (χ2v) is 5.84. The summed E-state index contributed by atoms with van der Waals surface area (Å²) in [6, 6.07) is 0. The molecule has 0 atom stereocenters. The van der Waals surface area contributed by atoms with Crippen LogP contribution in [0.4, 0.5) is 0 Å². The first-order chi connectivity index (χ1) is 15.2. The first-order valence-corrected chi connectivity index (χ1v) is 8.94. The summed E-state index contributed by atoms with van der Waals surface area (Å²) in [5.74, 6) is -4.46. The van der Waals surface area contributed by atoms with Crippen LogP contribution in [0.1, 0.15) is 0 Å². The number of hydrogen-bond acceptors (Lipinski definition) is 8. The molecular weight excluding hydrogens is 706 g/mol. The van der Waals surface area contributed by atoms with Crippen molar-refractivity contribution in [2.24, 2.45) is 0 Å². The SMILES string of the molecule is [Fe+2].[Fe+2].[Hf+4].[O-]C([O-])=C1C=CC=C1.[O-]C([O-])=C1C=CC=C1.[O-]C([O-])=C1C=CC=C1.[O-]C([O-])=C1C=CC=C1. The van der Waals surface area contributed by atoms with Crippen LogP contribution in [-0.4, -0.2) is 0 Å². The van der Waals surface area contributed by atoms with Crippen LogP contribution in [0.5, 0.6) is 0 Å². The molecule has 0 saturated carbocycles. The minimum atomic E-state index is -1.12. The van der Waals surface area contributed by atoms with Gasteiger partial charge in [-0.05, 0) is 22.3 Å². The van der Waals surface area contributed by atoms with Crippen LogP contribution in [0.2, 0.25) is 0 Å². The van der Waals surface area contributed by atoms with Crippen molar-refractivity contribution in [3.63, 3.8) is 0 Å². The molecule has 0 bridgehead atoms. The first-order valence-electron chi connectivity index (χ1n) is 8.94. The van der Waals surface area contributed by atoms with Gasteiger partial charge >= 0.3 is 60.0 Å². The van der Waals surface area contributed by atoms with Crippen molar-refractivity contribution in [3.05, 3.63) is 143 Å². The van der Waals surface area contributed by atoms with Crippen LogP contribution >= 0.6 is 0 Å². The third-order valence-electron chi connectivity index (χ3n) is 3.59. The Kier molecular flexibility index (Phi) is 21.6. The predicted molar refractivity (Wildman–Crippen MR) is 101 cm³/mol. The van der Waals surface area contributed by atoms with E-state index in [9.17, 15) is 40.9 Å². The molecule has 0 N–H and O–H groups in total. The van der Waals surface area contributed by atoms with Gasteiger partial charge in [-0.15, -0.1) is 0 Å². The second kappa shape index (κ2) is 20.6. The molecule has 180 valence electrons. The Morgan fingerprint density at radius 3 is 0.486 bits per heavy atom. The Bertz CT molecular complexity index is 813. The van der Waals surface area contributed by atoms with Gasteiger partial charge in [0.05, 0.1) is 0 Å². The van der Waals surface area contributed by atoms with Crippen molar-refractivity contribution in [1.29, 1.82) is 0 Å². The van der Waals surface area contributed by atoms with Crippen LogP contribution in [0.3, 0.4) is 0 Å². The summed E-state index contributed by atoms with van der Waals surface area (Å²) in [4.78, 5) is 0. The van der Waals surface area contributed by atoms with E-state index in [0.717, 1.165) is 0 Å². The first kappa shape index (κ1) is 36.8. The molecule has 0 radical (unpaired) electrons. The van der Waals surface area contributed by atoms with E-state index >= 15 is 0 Å². The molecule has 4 rings (SSSR count). The van der Waals surface area contributed by atoms with Crippen molar-refractivity contribution in [1.82, 2.24) is 0 Å². The van der Waals surface area contributed by atoms with Crippen LogP contribution < -0.4 is 40.9 Å². The minimum Gasteiger partial charge on any atom is -0.884 e. The van der Waals surface area contributed by atoms with E-state index in [1.807, 2.05) is 0 Å². The molecule has 0 fully saturated rings. The maximum atomic E-state index is 9.95. The fourth-order valence-corrected chi connectivity index (χ4v) is 2.04. The molecule has 35 heavy (non-hydrogen) atoms. The Hall–Kier alpha value is -2.81. The summed E-state index contributed by atoms with van der Waals surface area (Å²) in [5, 5.41) is 79.6. The van der Waals surface area contributed by atoms with Gasteiger partial charge in [0.15, 0.2) is 0 Å². The Morgan fingerprint density at radius 1 is 0.314 bits per heavy atom. The van der Waals surface area contributed by atoms with Crippen molar-refractivity contribution in [2.45, 2.75) is 0 Å². The van der Waals surface area contributed by atoms with Gasteiger partial charge < -0.3 is 40.9 Å². The standard InChI is InChI=1S/4C6H6O2.2Fe.Hf/c4*7-6(8)5-3-1-2-4-5;;;/h4*1-4,7-8H;;;/q;;;;2*+2;+4/p-8. The minimum absolute atomic E-state index is 0. The molecule has 4 aliphatic carbocycles. The largest absolute Gasteiger partial charge is 4.00 e. The summed E-state index contributed by atoms with van der Waals surface area (Å²) >= 11 is 0. The third kappa shape index (κ3) is 15.7. The zero-order valence-electron chi connectivity index (χ0n) is 17.7. The van der Waals surface area contributed by atoms with Gasteiger partial charge in [-0.1, -0.05) is 97.2 Å². The van der Waals surface area contributed by atoms with Gasteiger partial charge in [0.1, 0.15) is 0 Å². The maximum absolute atomic E-state index is 9.95. The fraction of sp³-hybridized carbons (Fsp3) is 0. The number of hydrogen-bond donors (Lipinski definition) is 0. The van der Waals surface area contributed by atoms with Crippen LogP contribution in [0, 0.1) is 0 Å². The van der Waals surface area contributed by atoms with E-state index in [-0.39, 0.29) is 82.3 Å². The van der Waals surface area contributed by atoms with Crippen LogP contribution in [0.15, 0.2) is 143 Å². The zero-order chi connectivity index (χ0) is 23.9.